The van der Waals surface area contributed by atoms with Gasteiger partial charge in [0.05, 0.1) is 18.4 Å². The van der Waals surface area contributed by atoms with Gasteiger partial charge in [-0.1, -0.05) is 48.9 Å². The van der Waals surface area contributed by atoms with Crippen LogP contribution in [0.4, 0.5) is 5.69 Å². The lowest BCUT2D eigenvalue weighted by Crippen LogP contribution is -2.11. The Hall–Kier alpha value is -2.59. The highest BCUT2D eigenvalue weighted by atomic mass is 35.5. The van der Waals surface area contributed by atoms with Crippen molar-refractivity contribution in [3.63, 3.8) is 0 Å². The highest BCUT2D eigenvalue weighted by Gasteiger charge is 2.08. The SMILES string of the molecule is CCc1ccc(C(=O)Nc2cnn(Cc3ccccc3Cl)c2)cc1. The van der Waals surface area contributed by atoms with Crippen molar-refractivity contribution in [2.75, 3.05) is 5.32 Å². The first kappa shape index (κ1) is 16.3. The summed E-state index contributed by atoms with van der Waals surface area (Å²) in [6.45, 7) is 2.64. The fourth-order valence-electron chi connectivity index (χ4n) is 2.41. The molecule has 3 rings (SSSR count). The zero-order chi connectivity index (χ0) is 16.9. The Bertz CT molecular complexity index is 840. The summed E-state index contributed by atoms with van der Waals surface area (Å²) in [6, 6.07) is 15.2. The van der Waals surface area contributed by atoms with Crippen molar-refractivity contribution >= 4 is 23.2 Å². The molecule has 0 atom stereocenters. The first-order chi connectivity index (χ1) is 11.7. The molecule has 1 N–H and O–H groups in total. The van der Waals surface area contributed by atoms with Crippen LogP contribution in [0.1, 0.15) is 28.4 Å². The van der Waals surface area contributed by atoms with E-state index in [0.717, 1.165) is 12.0 Å². The highest BCUT2D eigenvalue weighted by Crippen LogP contribution is 2.17. The molecule has 0 saturated heterocycles. The van der Waals surface area contributed by atoms with Gasteiger partial charge in [0.2, 0.25) is 0 Å². The molecule has 0 unspecified atom stereocenters. The van der Waals surface area contributed by atoms with Crippen molar-refractivity contribution in [1.29, 1.82) is 0 Å². The van der Waals surface area contributed by atoms with Crippen LogP contribution in [-0.4, -0.2) is 15.7 Å². The Labute approximate surface area is 146 Å². The molecule has 0 radical (unpaired) electrons. The molecule has 122 valence electrons. The standard InChI is InChI=1S/C19H18ClN3O/c1-2-14-7-9-15(10-8-14)19(24)22-17-11-21-23(13-17)12-16-5-3-4-6-18(16)20/h3-11,13H,2,12H2,1H3,(H,22,24). The van der Waals surface area contributed by atoms with E-state index in [4.69, 9.17) is 11.6 Å². The van der Waals surface area contributed by atoms with Gasteiger partial charge in [-0.05, 0) is 35.7 Å². The van der Waals surface area contributed by atoms with Crippen molar-refractivity contribution in [2.24, 2.45) is 0 Å². The summed E-state index contributed by atoms with van der Waals surface area (Å²) >= 11 is 6.16. The van der Waals surface area contributed by atoms with Crippen LogP contribution in [0.25, 0.3) is 0 Å². The van der Waals surface area contributed by atoms with Crippen LogP contribution < -0.4 is 5.32 Å². The van der Waals surface area contributed by atoms with Crippen LogP contribution in [0.2, 0.25) is 5.02 Å². The van der Waals surface area contributed by atoms with Gasteiger partial charge < -0.3 is 5.32 Å². The number of carbonyl (C=O) groups excluding carboxylic acids is 1. The van der Waals surface area contributed by atoms with Crippen molar-refractivity contribution in [3.8, 4) is 0 Å². The third kappa shape index (κ3) is 3.84. The summed E-state index contributed by atoms with van der Waals surface area (Å²) in [5, 5.41) is 7.83. The van der Waals surface area contributed by atoms with Gasteiger partial charge in [-0.25, -0.2) is 0 Å². The van der Waals surface area contributed by atoms with E-state index in [1.165, 1.54) is 5.56 Å². The second-order valence-electron chi connectivity index (χ2n) is 5.52. The predicted octanol–water partition coefficient (Wildman–Crippen LogP) is 4.40. The van der Waals surface area contributed by atoms with E-state index in [-0.39, 0.29) is 5.91 Å². The number of hydrogen-bond acceptors (Lipinski definition) is 2. The average molecular weight is 340 g/mol. The van der Waals surface area contributed by atoms with Gasteiger partial charge in [0.15, 0.2) is 0 Å². The summed E-state index contributed by atoms with van der Waals surface area (Å²) < 4.78 is 1.75. The molecule has 0 aliphatic rings. The second kappa shape index (κ2) is 7.32. The number of benzene rings is 2. The third-order valence-electron chi connectivity index (χ3n) is 3.81. The van der Waals surface area contributed by atoms with E-state index in [1.807, 2.05) is 48.5 Å². The summed E-state index contributed by atoms with van der Waals surface area (Å²) in [4.78, 5) is 12.3. The van der Waals surface area contributed by atoms with Gasteiger partial charge in [0, 0.05) is 16.8 Å². The number of rotatable bonds is 5. The molecule has 0 aliphatic carbocycles. The molecule has 0 aliphatic heterocycles. The Morgan fingerprint density at radius 2 is 1.92 bits per heavy atom. The summed E-state index contributed by atoms with van der Waals surface area (Å²) in [5.41, 5.74) is 3.48. The summed E-state index contributed by atoms with van der Waals surface area (Å²) in [5.74, 6) is -0.144. The number of nitrogens with zero attached hydrogens (tertiary/aromatic N) is 2. The molecular weight excluding hydrogens is 322 g/mol. The minimum absolute atomic E-state index is 0.144. The van der Waals surface area contributed by atoms with Gasteiger partial charge >= 0.3 is 0 Å². The molecule has 0 bridgehead atoms. The van der Waals surface area contributed by atoms with Crippen molar-refractivity contribution in [1.82, 2.24) is 9.78 Å². The van der Waals surface area contributed by atoms with E-state index in [2.05, 4.69) is 17.3 Å². The number of nitrogens with one attached hydrogen (secondary N) is 1. The van der Waals surface area contributed by atoms with Gasteiger partial charge in [0.1, 0.15) is 0 Å². The fraction of sp³-hybridized carbons (Fsp3) is 0.158. The van der Waals surface area contributed by atoms with Crippen molar-refractivity contribution in [3.05, 3.63) is 82.6 Å². The lowest BCUT2D eigenvalue weighted by atomic mass is 10.1. The monoisotopic (exact) mass is 339 g/mol. The first-order valence-electron chi connectivity index (χ1n) is 7.82. The van der Waals surface area contributed by atoms with Gasteiger partial charge in [-0.3, -0.25) is 9.48 Å². The Morgan fingerprint density at radius 1 is 1.17 bits per heavy atom. The van der Waals surface area contributed by atoms with Crippen LogP contribution in [0.15, 0.2) is 60.9 Å². The molecule has 1 amide bonds. The molecule has 0 fully saturated rings. The second-order valence-corrected chi connectivity index (χ2v) is 5.93. The number of carbonyl (C=O) groups is 1. The van der Waals surface area contributed by atoms with E-state index in [0.29, 0.717) is 22.8 Å². The Balaban J connectivity index is 1.67. The highest BCUT2D eigenvalue weighted by molar-refractivity contribution is 6.31. The zero-order valence-corrected chi connectivity index (χ0v) is 14.1. The molecule has 1 aromatic heterocycles. The zero-order valence-electron chi connectivity index (χ0n) is 13.4. The maximum Gasteiger partial charge on any atom is 0.255 e. The first-order valence-corrected chi connectivity index (χ1v) is 8.19. The van der Waals surface area contributed by atoms with E-state index >= 15 is 0 Å². The smallest absolute Gasteiger partial charge is 0.255 e. The number of aryl methyl sites for hydroxylation is 1. The number of halogens is 1. The van der Waals surface area contributed by atoms with Gasteiger partial charge in [-0.2, -0.15) is 5.10 Å². The minimum Gasteiger partial charge on any atom is -0.319 e. The molecule has 24 heavy (non-hydrogen) atoms. The molecule has 0 spiro atoms. The van der Waals surface area contributed by atoms with Crippen molar-refractivity contribution in [2.45, 2.75) is 19.9 Å². The van der Waals surface area contributed by atoms with E-state index in [9.17, 15) is 4.79 Å². The Morgan fingerprint density at radius 3 is 2.62 bits per heavy atom. The van der Waals surface area contributed by atoms with Gasteiger partial charge in [-0.15, -0.1) is 0 Å². The maximum atomic E-state index is 12.3. The quantitative estimate of drug-likeness (QED) is 0.749. The Kier molecular flexibility index (Phi) is 4.96. The number of amides is 1. The normalized spacial score (nSPS) is 10.6. The largest absolute Gasteiger partial charge is 0.319 e. The number of anilines is 1. The average Bonchev–Trinajstić information content (AvgIpc) is 3.04. The molecule has 4 nitrogen and oxygen atoms in total. The van der Waals surface area contributed by atoms with Crippen LogP contribution in [-0.2, 0) is 13.0 Å². The molecule has 2 aromatic carbocycles. The third-order valence-corrected chi connectivity index (χ3v) is 4.17. The van der Waals surface area contributed by atoms with Crippen LogP contribution in [0.3, 0.4) is 0 Å². The lowest BCUT2D eigenvalue weighted by Gasteiger charge is -2.05. The topological polar surface area (TPSA) is 46.9 Å². The molecule has 0 saturated carbocycles. The summed E-state index contributed by atoms with van der Waals surface area (Å²) in [6.07, 6.45) is 4.38. The molecule has 1 heterocycles. The van der Waals surface area contributed by atoms with Crippen molar-refractivity contribution < 1.29 is 4.79 Å². The lowest BCUT2D eigenvalue weighted by molar-refractivity contribution is 0.102. The van der Waals surface area contributed by atoms with Gasteiger partial charge in [0.25, 0.3) is 5.91 Å². The number of aromatic nitrogens is 2. The molecule has 3 aromatic rings. The fourth-order valence-corrected chi connectivity index (χ4v) is 2.61. The van der Waals surface area contributed by atoms with E-state index in [1.54, 1.807) is 17.1 Å². The van der Waals surface area contributed by atoms with Crippen LogP contribution in [0, 0.1) is 0 Å². The number of hydrogen-bond donors (Lipinski definition) is 1. The minimum atomic E-state index is -0.144. The summed E-state index contributed by atoms with van der Waals surface area (Å²) in [7, 11) is 0. The van der Waals surface area contributed by atoms with Crippen LogP contribution in [0.5, 0.6) is 0 Å². The molecular formula is C19H18ClN3O. The maximum absolute atomic E-state index is 12.3. The predicted molar refractivity (Wildman–Crippen MR) is 96.6 cm³/mol. The van der Waals surface area contributed by atoms with E-state index < -0.39 is 0 Å². The molecule has 5 heteroatoms. The van der Waals surface area contributed by atoms with Crippen LogP contribution >= 0.6 is 11.6 Å².